The van der Waals surface area contributed by atoms with Gasteiger partial charge in [0.05, 0.1) is 13.0 Å². The molecule has 1 amide bonds. The molecule has 1 saturated heterocycles. The van der Waals surface area contributed by atoms with Gasteiger partial charge in [0.25, 0.3) is 0 Å². The largest absolute Gasteiger partial charge is 0.469 e. The lowest BCUT2D eigenvalue weighted by Crippen LogP contribution is -2.32. The van der Waals surface area contributed by atoms with Crippen LogP contribution in [0.1, 0.15) is 26.2 Å². The van der Waals surface area contributed by atoms with E-state index in [0.29, 0.717) is 30.8 Å². The fraction of sp³-hybridized carbons (Fsp3) is 0.857. The number of rotatable bonds is 2. The Balaban J connectivity index is 1.61. The summed E-state index contributed by atoms with van der Waals surface area (Å²) >= 11 is 0. The normalized spacial score (nSPS) is 41.7. The molecule has 0 radical (unpaired) electrons. The summed E-state index contributed by atoms with van der Waals surface area (Å²) in [7, 11) is 1.42. The fourth-order valence-corrected chi connectivity index (χ4v) is 4.00. The van der Waals surface area contributed by atoms with Crippen LogP contribution in [0.25, 0.3) is 0 Å². The molecule has 0 N–H and O–H groups in total. The summed E-state index contributed by atoms with van der Waals surface area (Å²) < 4.78 is 4.81. The molecule has 0 bridgehead atoms. The Morgan fingerprint density at radius 3 is 2.44 bits per heavy atom. The number of carbonyl (C=O) groups is 2. The van der Waals surface area contributed by atoms with Crippen LogP contribution in [0.3, 0.4) is 0 Å². The number of hydrogen-bond donors (Lipinski definition) is 0. The van der Waals surface area contributed by atoms with Crippen molar-refractivity contribution >= 4 is 11.9 Å². The molecule has 2 saturated carbocycles. The third-order valence-electron chi connectivity index (χ3n) is 5.12. The van der Waals surface area contributed by atoms with Crippen LogP contribution in [-0.4, -0.2) is 37.0 Å². The third-order valence-corrected chi connectivity index (χ3v) is 5.12. The predicted molar refractivity (Wildman–Crippen MR) is 65.6 cm³/mol. The van der Waals surface area contributed by atoms with E-state index >= 15 is 0 Å². The van der Waals surface area contributed by atoms with Crippen LogP contribution in [0.2, 0.25) is 0 Å². The van der Waals surface area contributed by atoms with Crippen molar-refractivity contribution in [3.63, 3.8) is 0 Å². The van der Waals surface area contributed by atoms with Crippen molar-refractivity contribution in [3.8, 4) is 0 Å². The van der Waals surface area contributed by atoms with Gasteiger partial charge in [-0.25, -0.2) is 0 Å². The van der Waals surface area contributed by atoms with Gasteiger partial charge >= 0.3 is 5.97 Å². The lowest BCUT2D eigenvalue weighted by Gasteiger charge is -2.17. The van der Waals surface area contributed by atoms with E-state index in [0.717, 1.165) is 0 Å². The zero-order valence-electron chi connectivity index (χ0n) is 11.1. The smallest absolute Gasteiger partial charge is 0.310 e. The first-order valence-electron chi connectivity index (χ1n) is 7.00. The number of carbonyl (C=O) groups excluding carboxylic acids is 2. The van der Waals surface area contributed by atoms with Gasteiger partial charge in [-0.2, -0.15) is 0 Å². The summed E-state index contributed by atoms with van der Waals surface area (Å²) in [5.41, 5.74) is 0. The summed E-state index contributed by atoms with van der Waals surface area (Å²) in [6.07, 6.45) is 3.75. The van der Waals surface area contributed by atoms with Crippen LogP contribution >= 0.6 is 0 Å². The van der Waals surface area contributed by atoms with E-state index in [1.54, 1.807) is 0 Å². The summed E-state index contributed by atoms with van der Waals surface area (Å²) in [5, 5.41) is 0. The zero-order valence-corrected chi connectivity index (χ0v) is 11.1. The van der Waals surface area contributed by atoms with Crippen LogP contribution in [0.4, 0.5) is 0 Å². The number of esters is 1. The summed E-state index contributed by atoms with van der Waals surface area (Å²) in [6, 6.07) is 0. The van der Waals surface area contributed by atoms with Gasteiger partial charge in [-0.15, -0.1) is 0 Å². The molecule has 100 valence electrons. The lowest BCUT2D eigenvalue weighted by molar-refractivity contribution is -0.146. The number of likely N-dealkylation sites (tertiary alicyclic amines) is 1. The van der Waals surface area contributed by atoms with Crippen molar-refractivity contribution in [1.82, 2.24) is 4.90 Å². The summed E-state index contributed by atoms with van der Waals surface area (Å²) in [4.78, 5) is 25.9. The number of methoxy groups -OCH3 is 1. The molecule has 4 atom stereocenters. The molecule has 1 heterocycles. The molecule has 18 heavy (non-hydrogen) atoms. The highest BCUT2D eigenvalue weighted by atomic mass is 16.5. The van der Waals surface area contributed by atoms with E-state index in [4.69, 9.17) is 4.74 Å². The van der Waals surface area contributed by atoms with Crippen LogP contribution in [-0.2, 0) is 14.3 Å². The van der Waals surface area contributed by atoms with Gasteiger partial charge in [0, 0.05) is 19.0 Å². The van der Waals surface area contributed by atoms with Crippen molar-refractivity contribution in [2.45, 2.75) is 26.2 Å². The van der Waals surface area contributed by atoms with Crippen molar-refractivity contribution in [2.75, 3.05) is 20.2 Å². The van der Waals surface area contributed by atoms with E-state index in [1.807, 2.05) is 11.8 Å². The zero-order chi connectivity index (χ0) is 12.9. The standard InChI is InChI=1S/C14H21NO3/c1-8-6-15(7-11(8)14(17)18-2)13(16)12-9-4-3-5-10(9)12/h8-12H,3-7H2,1-2H3. The number of nitrogens with zero attached hydrogens (tertiary/aromatic N) is 1. The highest BCUT2D eigenvalue weighted by molar-refractivity contribution is 5.84. The molecular weight excluding hydrogens is 230 g/mol. The van der Waals surface area contributed by atoms with Crippen molar-refractivity contribution in [3.05, 3.63) is 0 Å². The Morgan fingerprint density at radius 2 is 1.83 bits per heavy atom. The highest BCUT2D eigenvalue weighted by Gasteiger charge is 2.58. The average Bonchev–Trinajstić information content (AvgIpc) is 2.75. The first-order chi connectivity index (χ1) is 8.63. The maximum atomic E-state index is 12.4. The molecule has 0 aromatic heterocycles. The molecule has 3 fully saturated rings. The van der Waals surface area contributed by atoms with Gasteiger partial charge < -0.3 is 9.64 Å². The Bertz CT molecular complexity index is 371. The van der Waals surface area contributed by atoms with E-state index in [9.17, 15) is 9.59 Å². The van der Waals surface area contributed by atoms with Gasteiger partial charge in [-0.1, -0.05) is 13.3 Å². The molecule has 1 aliphatic heterocycles. The predicted octanol–water partition coefficient (Wildman–Crippen LogP) is 1.30. The highest BCUT2D eigenvalue weighted by Crippen LogP contribution is 2.58. The van der Waals surface area contributed by atoms with Gasteiger partial charge in [0.15, 0.2) is 0 Å². The number of hydrogen-bond acceptors (Lipinski definition) is 3. The van der Waals surface area contributed by atoms with Gasteiger partial charge in [-0.3, -0.25) is 9.59 Å². The molecule has 2 aliphatic carbocycles. The van der Waals surface area contributed by atoms with Crippen LogP contribution in [0.5, 0.6) is 0 Å². The molecule has 3 aliphatic rings. The Hall–Kier alpha value is -1.06. The maximum Gasteiger partial charge on any atom is 0.310 e. The molecule has 0 aromatic rings. The van der Waals surface area contributed by atoms with E-state index in [-0.39, 0.29) is 23.7 Å². The summed E-state index contributed by atoms with van der Waals surface area (Å²) in [5.74, 6) is 1.81. The number of ether oxygens (including phenoxy) is 1. The maximum absolute atomic E-state index is 12.4. The molecule has 3 rings (SSSR count). The second-order valence-corrected chi connectivity index (χ2v) is 6.13. The minimum Gasteiger partial charge on any atom is -0.469 e. The molecule has 4 heteroatoms. The quantitative estimate of drug-likeness (QED) is 0.695. The van der Waals surface area contributed by atoms with E-state index < -0.39 is 0 Å². The molecule has 0 spiro atoms. The third kappa shape index (κ3) is 1.73. The SMILES string of the molecule is COC(=O)C1CN(C(=O)C2C3CCCC32)CC1C. The van der Waals surface area contributed by atoms with E-state index in [1.165, 1.54) is 26.4 Å². The van der Waals surface area contributed by atoms with Gasteiger partial charge in [0.1, 0.15) is 0 Å². The van der Waals surface area contributed by atoms with Gasteiger partial charge in [-0.05, 0) is 30.6 Å². The van der Waals surface area contributed by atoms with Crippen LogP contribution < -0.4 is 0 Å². The second kappa shape index (κ2) is 4.25. The van der Waals surface area contributed by atoms with E-state index in [2.05, 4.69) is 0 Å². The Kier molecular flexibility index (Phi) is 2.83. The monoisotopic (exact) mass is 251 g/mol. The fourth-order valence-electron chi connectivity index (χ4n) is 4.00. The number of amides is 1. The lowest BCUT2D eigenvalue weighted by atomic mass is 9.99. The summed E-state index contributed by atoms with van der Waals surface area (Å²) in [6.45, 7) is 3.31. The van der Waals surface area contributed by atoms with Crippen molar-refractivity contribution in [2.24, 2.45) is 29.6 Å². The van der Waals surface area contributed by atoms with Gasteiger partial charge in [0.2, 0.25) is 5.91 Å². The molecular formula is C14H21NO3. The van der Waals surface area contributed by atoms with Crippen LogP contribution in [0.15, 0.2) is 0 Å². The minimum absolute atomic E-state index is 0.127. The Labute approximate surface area is 108 Å². The molecule has 4 nitrogen and oxygen atoms in total. The number of fused-ring (bicyclic) bond motifs is 1. The first-order valence-corrected chi connectivity index (χ1v) is 7.00. The Morgan fingerprint density at radius 1 is 1.17 bits per heavy atom. The minimum atomic E-state index is -0.172. The van der Waals surface area contributed by atoms with Crippen LogP contribution in [0, 0.1) is 29.6 Å². The molecule has 0 aromatic carbocycles. The second-order valence-electron chi connectivity index (χ2n) is 6.13. The molecule has 4 unspecified atom stereocenters. The van der Waals surface area contributed by atoms with Crippen molar-refractivity contribution < 1.29 is 14.3 Å². The average molecular weight is 251 g/mol. The first kappa shape index (κ1) is 12.0. The van der Waals surface area contributed by atoms with Crippen molar-refractivity contribution in [1.29, 1.82) is 0 Å². The topological polar surface area (TPSA) is 46.6 Å².